The van der Waals surface area contributed by atoms with Gasteiger partial charge < -0.3 is 35.0 Å². The highest BCUT2D eigenvalue weighted by atomic mass is 16.5. The van der Waals surface area contributed by atoms with Crippen LogP contribution in [-0.2, 0) is 9.31 Å². The van der Waals surface area contributed by atoms with Crippen molar-refractivity contribution in [3.05, 3.63) is 127 Å². The summed E-state index contributed by atoms with van der Waals surface area (Å²) in [5.74, 6) is 3.78. The smallest absolute Gasteiger partial charge is 0.361 e. The molecule has 0 aromatic heterocycles. The maximum Gasteiger partial charge on any atom is 0.361 e. The van der Waals surface area contributed by atoms with Gasteiger partial charge >= 0.3 is 13.8 Å². The van der Waals surface area contributed by atoms with E-state index in [4.69, 9.17) is 35.0 Å². The molecular weight excluding hydrogens is 550 g/mol. The van der Waals surface area contributed by atoms with Crippen LogP contribution in [0.1, 0.15) is 0 Å². The van der Waals surface area contributed by atoms with Crippen LogP contribution in [0.4, 0.5) is 0 Å². The highest BCUT2D eigenvalue weighted by molar-refractivity contribution is 6.80. The van der Waals surface area contributed by atoms with Gasteiger partial charge in [-0.1, -0.05) is 66.7 Å². The molecule has 44 heavy (non-hydrogen) atoms. The normalized spacial score (nSPS) is 10.7. The monoisotopic (exact) mass is 586 g/mol. The molecule has 0 bridgehead atoms. The third kappa shape index (κ3) is 8.30. The molecule has 222 valence electrons. The SMILES string of the molecule is COc1ccc(B(OCCN)c2ccc(Oc3ccc(B(OCCN)c4ccc(Oc5ccccc5)cc4)cc3)cc2)cc1. The van der Waals surface area contributed by atoms with Crippen molar-refractivity contribution < 1.29 is 23.5 Å². The minimum Gasteiger partial charge on any atom is -0.497 e. The fourth-order valence-electron chi connectivity index (χ4n) is 4.81. The second kappa shape index (κ2) is 15.8. The lowest BCUT2D eigenvalue weighted by molar-refractivity contribution is 0.344. The number of methoxy groups -OCH3 is 1. The molecule has 0 spiro atoms. The van der Waals surface area contributed by atoms with E-state index in [1.807, 2.05) is 127 Å². The van der Waals surface area contributed by atoms with E-state index in [1.54, 1.807) is 7.11 Å². The highest BCUT2D eigenvalue weighted by Gasteiger charge is 2.23. The second-order valence-corrected chi connectivity index (χ2v) is 10.1. The Morgan fingerprint density at radius 2 is 0.750 bits per heavy atom. The van der Waals surface area contributed by atoms with Gasteiger partial charge in [0.15, 0.2) is 0 Å². The molecule has 0 saturated heterocycles. The minimum absolute atomic E-state index is 0.248. The largest absolute Gasteiger partial charge is 0.497 e. The van der Waals surface area contributed by atoms with Gasteiger partial charge in [0.25, 0.3) is 0 Å². The summed E-state index contributed by atoms with van der Waals surface area (Å²) < 4.78 is 29.7. The van der Waals surface area contributed by atoms with Crippen LogP contribution in [-0.4, -0.2) is 47.2 Å². The van der Waals surface area contributed by atoms with E-state index in [-0.39, 0.29) is 13.8 Å². The van der Waals surface area contributed by atoms with Crippen molar-refractivity contribution in [3.63, 3.8) is 0 Å². The molecule has 4 N–H and O–H groups in total. The van der Waals surface area contributed by atoms with Crippen LogP contribution in [0.3, 0.4) is 0 Å². The second-order valence-electron chi connectivity index (χ2n) is 10.1. The number of nitrogens with two attached hydrogens (primary N) is 2. The summed E-state index contributed by atoms with van der Waals surface area (Å²) in [5.41, 5.74) is 15.5. The van der Waals surface area contributed by atoms with Crippen molar-refractivity contribution in [2.75, 3.05) is 33.4 Å². The number of hydrogen-bond acceptors (Lipinski definition) is 7. The maximum absolute atomic E-state index is 6.17. The zero-order chi connectivity index (χ0) is 30.6. The van der Waals surface area contributed by atoms with E-state index in [2.05, 4.69) is 0 Å². The maximum atomic E-state index is 6.17. The number of hydrogen-bond donors (Lipinski definition) is 2. The van der Waals surface area contributed by atoms with Gasteiger partial charge in [-0.25, -0.2) is 0 Å². The Balaban J connectivity index is 1.26. The molecule has 0 radical (unpaired) electrons. The summed E-state index contributed by atoms with van der Waals surface area (Å²) in [6, 6.07) is 41.3. The van der Waals surface area contributed by atoms with Gasteiger partial charge in [-0.2, -0.15) is 0 Å². The molecular formula is C35H36B2N2O5. The first-order valence-corrected chi connectivity index (χ1v) is 14.6. The predicted molar refractivity (Wildman–Crippen MR) is 179 cm³/mol. The molecule has 5 aromatic rings. The van der Waals surface area contributed by atoms with Crippen LogP contribution < -0.4 is 47.5 Å². The van der Waals surface area contributed by atoms with Crippen molar-refractivity contribution in [1.29, 1.82) is 0 Å². The van der Waals surface area contributed by atoms with Crippen LogP contribution in [0.25, 0.3) is 0 Å². The summed E-state index contributed by atoms with van der Waals surface area (Å²) in [4.78, 5) is 0. The van der Waals surface area contributed by atoms with Crippen molar-refractivity contribution in [2.24, 2.45) is 11.5 Å². The van der Waals surface area contributed by atoms with E-state index < -0.39 is 0 Å². The summed E-state index contributed by atoms with van der Waals surface area (Å²) in [7, 11) is 1.65. The molecule has 0 amide bonds. The molecule has 7 nitrogen and oxygen atoms in total. The summed E-state index contributed by atoms with van der Waals surface area (Å²) >= 11 is 0. The number of ether oxygens (including phenoxy) is 3. The quantitative estimate of drug-likeness (QED) is 0.182. The van der Waals surface area contributed by atoms with Gasteiger partial charge in [-0.15, -0.1) is 0 Å². The average Bonchev–Trinajstić information content (AvgIpc) is 3.08. The van der Waals surface area contributed by atoms with Crippen molar-refractivity contribution in [3.8, 4) is 28.7 Å². The Hall–Kier alpha value is -4.53. The lowest BCUT2D eigenvalue weighted by Gasteiger charge is -2.17. The van der Waals surface area contributed by atoms with Gasteiger partial charge in [0.2, 0.25) is 0 Å². The van der Waals surface area contributed by atoms with Crippen LogP contribution in [0, 0.1) is 0 Å². The van der Waals surface area contributed by atoms with Crippen LogP contribution in [0.5, 0.6) is 28.7 Å². The van der Waals surface area contributed by atoms with Gasteiger partial charge in [-0.3, -0.25) is 0 Å². The zero-order valence-electron chi connectivity index (χ0n) is 24.8. The molecule has 0 aliphatic rings. The first kappa shape index (κ1) is 30.9. The Bertz CT molecular complexity index is 1550. The van der Waals surface area contributed by atoms with E-state index in [0.29, 0.717) is 26.3 Å². The van der Waals surface area contributed by atoms with Gasteiger partial charge in [0, 0.05) is 26.3 Å². The number of para-hydroxylation sites is 1. The standard InChI is InChI=1S/C35H36B2N2O5/c1-40-31-15-7-27(8-16-31)36(41-25-23-38)28-11-19-34(20-12-28)44-35-21-13-30(14-22-35)37(42-26-24-39)29-9-17-33(18-10-29)43-32-5-3-2-4-6-32/h2-22H,23-26,38-39H2,1H3. The molecule has 0 heterocycles. The minimum atomic E-state index is -0.277. The molecule has 5 rings (SSSR count). The molecule has 0 aliphatic carbocycles. The zero-order valence-corrected chi connectivity index (χ0v) is 24.8. The number of rotatable bonds is 15. The Kier molecular flexibility index (Phi) is 11.1. The third-order valence-electron chi connectivity index (χ3n) is 6.99. The van der Waals surface area contributed by atoms with E-state index in [1.165, 1.54) is 0 Å². The Morgan fingerprint density at radius 3 is 1.07 bits per heavy atom. The molecule has 0 aliphatic heterocycles. The molecule has 0 unspecified atom stereocenters. The first-order chi connectivity index (χ1) is 21.7. The van der Waals surface area contributed by atoms with Crippen molar-refractivity contribution >= 4 is 35.7 Å². The topological polar surface area (TPSA) is 98.2 Å². The average molecular weight is 586 g/mol. The van der Waals surface area contributed by atoms with Gasteiger partial charge in [0.05, 0.1) is 7.11 Å². The lowest BCUT2D eigenvalue weighted by Crippen LogP contribution is -2.45. The molecule has 0 saturated carbocycles. The van der Waals surface area contributed by atoms with Crippen LogP contribution in [0.2, 0.25) is 0 Å². The third-order valence-corrected chi connectivity index (χ3v) is 6.99. The summed E-state index contributed by atoms with van der Waals surface area (Å²) in [5, 5.41) is 0. The summed E-state index contributed by atoms with van der Waals surface area (Å²) in [6.07, 6.45) is 0. The van der Waals surface area contributed by atoms with Crippen molar-refractivity contribution in [2.45, 2.75) is 0 Å². The van der Waals surface area contributed by atoms with Crippen LogP contribution in [0.15, 0.2) is 127 Å². The van der Waals surface area contributed by atoms with E-state index in [0.717, 1.165) is 50.6 Å². The Morgan fingerprint density at radius 1 is 0.432 bits per heavy atom. The van der Waals surface area contributed by atoms with Crippen LogP contribution >= 0.6 is 0 Å². The van der Waals surface area contributed by atoms with E-state index in [9.17, 15) is 0 Å². The first-order valence-electron chi connectivity index (χ1n) is 14.6. The molecule has 0 atom stereocenters. The fourth-order valence-corrected chi connectivity index (χ4v) is 4.81. The molecule has 0 fully saturated rings. The summed E-state index contributed by atoms with van der Waals surface area (Å²) in [6.45, 7) is 1.23. The van der Waals surface area contributed by atoms with Gasteiger partial charge in [-0.05, 0) is 82.5 Å². The predicted octanol–water partition coefficient (Wildman–Crippen LogP) is 3.44. The Labute approximate surface area is 259 Å². The highest BCUT2D eigenvalue weighted by Crippen LogP contribution is 2.21. The van der Waals surface area contributed by atoms with Gasteiger partial charge in [0.1, 0.15) is 28.7 Å². The fraction of sp³-hybridized carbons (Fsp3) is 0.143. The lowest BCUT2D eigenvalue weighted by atomic mass is 9.55. The van der Waals surface area contributed by atoms with Crippen molar-refractivity contribution in [1.82, 2.24) is 0 Å². The number of benzene rings is 5. The van der Waals surface area contributed by atoms with E-state index >= 15 is 0 Å². The molecule has 5 aromatic carbocycles. The molecule has 9 heteroatoms.